The molecular weight excluding hydrogens is 256 g/mol. The number of piperazine rings is 1. The molecule has 1 aromatic rings. The van der Waals surface area contributed by atoms with Crippen molar-refractivity contribution in [1.82, 2.24) is 9.88 Å². The molecule has 1 aliphatic rings. The Kier molecular flexibility index (Phi) is 4.71. The molecule has 0 spiro atoms. The van der Waals surface area contributed by atoms with Crippen molar-refractivity contribution in [1.29, 1.82) is 0 Å². The van der Waals surface area contributed by atoms with Gasteiger partial charge in [-0.15, -0.1) is 0 Å². The molecule has 1 fully saturated rings. The lowest BCUT2D eigenvalue weighted by Gasteiger charge is -2.39. The number of nitrogens with zero attached hydrogens (tertiary/aromatic N) is 3. The van der Waals surface area contributed by atoms with Gasteiger partial charge in [0, 0.05) is 43.8 Å². The Balaban J connectivity index is 1.97. The Morgan fingerprint density at radius 1 is 1.42 bits per heavy atom. The summed E-state index contributed by atoms with van der Waals surface area (Å²) in [7, 11) is 0. The summed E-state index contributed by atoms with van der Waals surface area (Å²) in [5.74, 6) is 0. The number of nitrogens with two attached hydrogens (primary N) is 1. The lowest BCUT2D eigenvalue weighted by atomic mass is 10.1. The van der Waals surface area contributed by atoms with Crippen LogP contribution in [0.25, 0.3) is 0 Å². The monoisotopic (exact) mass is 278 g/mol. The van der Waals surface area contributed by atoms with Crippen molar-refractivity contribution in [3.8, 4) is 0 Å². The zero-order valence-electron chi connectivity index (χ0n) is 11.7. The molecule has 0 radical (unpaired) electrons. The second kappa shape index (κ2) is 6.30. The summed E-state index contributed by atoms with van der Waals surface area (Å²) in [6.07, 6.45) is 2.87. The summed E-state index contributed by atoms with van der Waals surface area (Å²) in [6, 6.07) is 4.46. The fourth-order valence-corrected chi connectivity index (χ4v) is 2.97. The third-order valence-corrected chi connectivity index (χ3v) is 3.99. The molecule has 2 heterocycles. The second-order valence-corrected chi connectivity index (χ2v) is 5.48. The molecule has 0 amide bonds. The molecule has 4 nitrogen and oxygen atoms in total. The maximum Gasteiger partial charge on any atom is 0.0901 e. The topological polar surface area (TPSA) is 45.4 Å². The quantitative estimate of drug-likeness (QED) is 0.847. The molecule has 5 heteroatoms. The number of rotatable bonds is 4. The van der Waals surface area contributed by atoms with Crippen LogP contribution in [0.1, 0.15) is 19.0 Å². The van der Waals surface area contributed by atoms with Crippen LogP contribution in [0.4, 0.5) is 5.69 Å². The van der Waals surface area contributed by atoms with E-state index in [2.05, 4.69) is 33.8 Å². The van der Waals surface area contributed by atoms with Crippen LogP contribution in [-0.2, 0) is 0 Å². The van der Waals surface area contributed by atoms with Crippen LogP contribution in [-0.4, -0.2) is 47.1 Å². The average molecular weight is 278 g/mol. The predicted molar refractivity (Wildman–Crippen MR) is 83.6 cm³/mol. The molecule has 19 heavy (non-hydrogen) atoms. The summed E-state index contributed by atoms with van der Waals surface area (Å²) >= 11 is 5.15. The number of anilines is 1. The normalized spacial score (nSPS) is 18.3. The van der Waals surface area contributed by atoms with Gasteiger partial charge >= 0.3 is 0 Å². The smallest absolute Gasteiger partial charge is 0.0901 e. The lowest BCUT2D eigenvalue weighted by Crippen LogP contribution is -2.53. The van der Waals surface area contributed by atoms with E-state index in [0.29, 0.717) is 4.99 Å². The average Bonchev–Trinajstić information content (AvgIpc) is 2.40. The van der Waals surface area contributed by atoms with Crippen LogP contribution in [0.5, 0.6) is 0 Å². The molecule has 1 saturated heterocycles. The first-order valence-electron chi connectivity index (χ1n) is 6.82. The molecule has 1 atom stereocenters. The van der Waals surface area contributed by atoms with Gasteiger partial charge in [0.15, 0.2) is 0 Å². The fourth-order valence-electron chi connectivity index (χ4n) is 2.66. The molecule has 1 unspecified atom stereocenters. The van der Waals surface area contributed by atoms with Gasteiger partial charge < -0.3 is 10.6 Å². The third kappa shape index (κ3) is 3.42. The Labute approximate surface area is 120 Å². The number of thiocarbonyl (C=S) groups is 1. The van der Waals surface area contributed by atoms with E-state index < -0.39 is 0 Å². The Hall–Kier alpha value is -1.20. The molecular formula is C14H22N4S. The highest BCUT2D eigenvalue weighted by molar-refractivity contribution is 7.80. The summed E-state index contributed by atoms with van der Waals surface area (Å²) in [4.78, 5) is 9.66. The minimum Gasteiger partial charge on any atom is -0.392 e. The van der Waals surface area contributed by atoms with Crippen LogP contribution in [0, 0.1) is 6.92 Å². The van der Waals surface area contributed by atoms with E-state index in [1.165, 1.54) is 5.69 Å². The third-order valence-electron chi connectivity index (χ3n) is 3.72. The van der Waals surface area contributed by atoms with Crippen molar-refractivity contribution in [3.05, 3.63) is 24.0 Å². The number of hydrogen-bond donors (Lipinski definition) is 1. The summed E-state index contributed by atoms with van der Waals surface area (Å²) < 4.78 is 0. The molecule has 1 aromatic heterocycles. The van der Waals surface area contributed by atoms with Gasteiger partial charge in [0.05, 0.1) is 11.0 Å². The van der Waals surface area contributed by atoms with Crippen molar-refractivity contribution in [3.63, 3.8) is 0 Å². The van der Waals surface area contributed by atoms with Crippen molar-refractivity contribution in [2.75, 3.05) is 31.1 Å². The summed E-state index contributed by atoms with van der Waals surface area (Å²) in [5, 5.41) is 0. The molecule has 0 saturated carbocycles. The van der Waals surface area contributed by atoms with Crippen molar-refractivity contribution < 1.29 is 0 Å². The highest BCUT2D eigenvalue weighted by atomic mass is 32.1. The van der Waals surface area contributed by atoms with Gasteiger partial charge in [0.25, 0.3) is 0 Å². The summed E-state index contributed by atoms with van der Waals surface area (Å²) in [5.41, 5.74) is 8.14. The van der Waals surface area contributed by atoms with Crippen LogP contribution in [0.3, 0.4) is 0 Å². The van der Waals surface area contributed by atoms with Gasteiger partial charge in [-0.3, -0.25) is 9.88 Å². The molecule has 0 aromatic carbocycles. The summed E-state index contributed by atoms with van der Waals surface area (Å²) in [6.45, 7) is 8.22. The zero-order chi connectivity index (χ0) is 13.8. The molecule has 104 valence electrons. The first-order chi connectivity index (χ1) is 9.11. The minimum absolute atomic E-state index is 0.247. The standard InChI is InChI=1S/C14H22N4S/c1-3-13(14(15)19)18-8-6-17(7-9-18)12-4-5-16-11(2)10-12/h4-5,10,13H,3,6-9H2,1-2H3,(H2,15,19). The van der Waals surface area contributed by atoms with E-state index in [1.54, 1.807) is 0 Å². The first-order valence-corrected chi connectivity index (χ1v) is 7.23. The highest BCUT2D eigenvalue weighted by Gasteiger charge is 2.24. The highest BCUT2D eigenvalue weighted by Crippen LogP contribution is 2.18. The molecule has 0 bridgehead atoms. The van der Waals surface area contributed by atoms with Gasteiger partial charge in [0.2, 0.25) is 0 Å². The van der Waals surface area contributed by atoms with Gasteiger partial charge in [-0.05, 0) is 25.5 Å². The van der Waals surface area contributed by atoms with E-state index in [9.17, 15) is 0 Å². The minimum atomic E-state index is 0.247. The van der Waals surface area contributed by atoms with E-state index in [1.807, 2.05) is 13.1 Å². The van der Waals surface area contributed by atoms with Gasteiger partial charge in [-0.2, -0.15) is 0 Å². The lowest BCUT2D eigenvalue weighted by molar-refractivity contribution is 0.224. The Morgan fingerprint density at radius 3 is 2.63 bits per heavy atom. The van der Waals surface area contributed by atoms with Crippen molar-refractivity contribution in [2.24, 2.45) is 5.73 Å². The second-order valence-electron chi connectivity index (χ2n) is 5.00. The number of hydrogen-bond acceptors (Lipinski definition) is 4. The van der Waals surface area contributed by atoms with Gasteiger partial charge in [-0.1, -0.05) is 19.1 Å². The van der Waals surface area contributed by atoms with E-state index in [4.69, 9.17) is 18.0 Å². The molecule has 1 aliphatic heterocycles. The SMILES string of the molecule is CCC(C(N)=S)N1CCN(c2ccnc(C)c2)CC1. The molecule has 0 aliphatic carbocycles. The van der Waals surface area contributed by atoms with Crippen LogP contribution in [0.2, 0.25) is 0 Å². The largest absolute Gasteiger partial charge is 0.392 e. The fraction of sp³-hybridized carbons (Fsp3) is 0.571. The van der Waals surface area contributed by atoms with Gasteiger partial charge in [-0.25, -0.2) is 0 Å². The van der Waals surface area contributed by atoms with Crippen LogP contribution < -0.4 is 10.6 Å². The van der Waals surface area contributed by atoms with Crippen molar-refractivity contribution in [2.45, 2.75) is 26.3 Å². The number of pyridine rings is 1. The molecule has 2 rings (SSSR count). The van der Waals surface area contributed by atoms with E-state index >= 15 is 0 Å². The van der Waals surface area contributed by atoms with Crippen LogP contribution in [0.15, 0.2) is 18.3 Å². The first kappa shape index (κ1) is 14.2. The number of aryl methyl sites for hydroxylation is 1. The van der Waals surface area contributed by atoms with Crippen LogP contribution >= 0.6 is 12.2 Å². The van der Waals surface area contributed by atoms with Crippen molar-refractivity contribution >= 4 is 22.9 Å². The molecule has 2 N–H and O–H groups in total. The van der Waals surface area contributed by atoms with Gasteiger partial charge in [0.1, 0.15) is 0 Å². The predicted octanol–water partition coefficient (Wildman–Crippen LogP) is 1.58. The maximum atomic E-state index is 5.81. The van der Waals surface area contributed by atoms with E-state index in [0.717, 1.165) is 38.3 Å². The maximum absolute atomic E-state index is 5.81. The van der Waals surface area contributed by atoms with E-state index in [-0.39, 0.29) is 6.04 Å². The Morgan fingerprint density at radius 2 is 2.11 bits per heavy atom. The number of aromatic nitrogens is 1. The zero-order valence-corrected chi connectivity index (χ0v) is 12.5. The Bertz CT molecular complexity index is 441.